The van der Waals surface area contributed by atoms with Gasteiger partial charge in [0.25, 0.3) is 0 Å². The van der Waals surface area contributed by atoms with E-state index >= 15 is 0 Å². The van der Waals surface area contributed by atoms with Gasteiger partial charge in [0, 0.05) is 10.6 Å². The van der Waals surface area contributed by atoms with Crippen molar-refractivity contribution in [3.8, 4) is 0 Å². The average molecular weight is 370 g/mol. The van der Waals surface area contributed by atoms with Crippen LogP contribution in [0.4, 0.5) is 5.69 Å². The molecule has 0 aliphatic carbocycles. The van der Waals surface area contributed by atoms with Crippen LogP contribution in [0.15, 0.2) is 47.4 Å². The standard InChI is InChI=1S/C16H13Cl2NOS2/c1-21-12-5-2-10(3-6-12)16-19(15(20)9-22-16)11-4-7-13(17)14(18)8-11/h2-8,16H,9H2,1H3. The van der Waals surface area contributed by atoms with Crippen LogP contribution in [0.1, 0.15) is 10.9 Å². The Morgan fingerprint density at radius 3 is 2.50 bits per heavy atom. The molecule has 22 heavy (non-hydrogen) atoms. The number of nitrogens with zero attached hydrogens (tertiary/aromatic N) is 1. The lowest BCUT2D eigenvalue weighted by molar-refractivity contribution is -0.115. The zero-order valence-electron chi connectivity index (χ0n) is 11.8. The molecule has 2 aromatic carbocycles. The molecular weight excluding hydrogens is 357 g/mol. The van der Waals surface area contributed by atoms with Crippen LogP contribution in [0.2, 0.25) is 10.0 Å². The monoisotopic (exact) mass is 369 g/mol. The Morgan fingerprint density at radius 1 is 1.14 bits per heavy atom. The molecule has 0 radical (unpaired) electrons. The summed E-state index contributed by atoms with van der Waals surface area (Å²) in [4.78, 5) is 15.3. The molecule has 1 amide bonds. The van der Waals surface area contributed by atoms with E-state index in [9.17, 15) is 4.79 Å². The third kappa shape index (κ3) is 3.11. The number of carbonyl (C=O) groups excluding carboxylic acids is 1. The van der Waals surface area contributed by atoms with Crippen LogP contribution in [-0.4, -0.2) is 17.9 Å². The van der Waals surface area contributed by atoms with Gasteiger partial charge in [-0.15, -0.1) is 23.5 Å². The topological polar surface area (TPSA) is 20.3 Å². The van der Waals surface area contributed by atoms with Gasteiger partial charge in [-0.3, -0.25) is 9.69 Å². The van der Waals surface area contributed by atoms with E-state index in [2.05, 4.69) is 24.3 Å². The van der Waals surface area contributed by atoms with Gasteiger partial charge in [0.1, 0.15) is 5.37 Å². The Labute approximate surface area is 148 Å². The maximum Gasteiger partial charge on any atom is 0.238 e. The van der Waals surface area contributed by atoms with Crippen molar-refractivity contribution >= 4 is 58.3 Å². The first kappa shape index (κ1) is 16.1. The van der Waals surface area contributed by atoms with Gasteiger partial charge in [0.15, 0.2) is 0 Å². The van der Waals surface area contributed by atoms with Gasteiger partial charge in [-0.1, -0.05) is 35.3 Å². The molecule has 3 rings (SSSR count). The minimum Gasteiger partial charge on any atom is -0.295 e. The number of anilines is 1. The highest BCUT2D eigenvalue weighted by Crippen LogP contribution is 2.43. The molecule has 1 fully saturated rings. The second kappa shape index (κ2) is 6.75. The highest BCUT2D eigenvalue weighted by molar-refractivity contribution is 8.00. The molecule has 0 N–H and O–H groups in total. The number of rotatable bonds is 3. The molecule has 1 atom stereocenters. The average Bonchev–Trinajstić information content (AvgIpc) is 2.92. The second-order valence-electron chi connectivity index (χ2n) is 4.80. The van der Waals surface area contributed by atoms with Crippen molar-refractivity contribution in [2.45, 2.75) is 10.3 Å². The van der Waals surface area contributed by atoms with Crippen molar-refractivity contribution in [1.82, 2.24) is 0 Å². The van der Waals surface area contributed by atoms with Crippen molar-refractivity contribution in [2.24, 2.45) is 0 Å². The molecule has 0 saturated carbocycles. The zero-order valence-corrected chi connectivity index (χ0v) is 14.9. The maximum atomic E-state index is 12.3. The molecule has 0 aromatic heterocycles. The molecule has 1 aliphatic rings. The van der Waals surface area contributed by atoms with Crippen LogP contribution in [0.5, 0.6) is 0 Å². The van der Waals surface area contributed by atoms with E-state index in [1.165, 1.54) is 4.90 Å². The van der Waals surface area contributed by atoms with Crippen LogP contribution in [0, 0.1) is 0 Å². The van der Waals surface area contributed by atoms with Crippen molar-refractivity contribution in [1.29, 1.82) is 0 Å². The summed E-state index contributed by atoms with van der Waals surface area (Å²) in [5.41, 5.74) is 1.89. The molecule has 0 bridgehead atoms. The first-order valence-corrected chi connectivity index (χ1v) is 9.66. The highest BCUT2D eigenvalue weighted by atomic mass is 35.5. The molecule has 1 saturated heterocycles. The summed E-state index contributed by atoms with van der Waals surface area (Å²) in [6, 6.07) is 13.6. The quantitative estimate of drug-likeness (QED) is 0.666. The van der Waals surface area contributed by atoms with Crippen LogP contribution >= 0.6 is 46.7 Å². The normalized spacial score (nSPS) is 18.0. The summed E-state index contributed by atoms with van der Waals surface area (Å²) in [5, 5.41) is 0.923. The van der Waals surface area contributed by atoms with E-state index in [1.54, 1.807) is 40.6 Å². The number of hydrogen-bond acceptors (Lipinski definition) is 3. The minimum atomic E-state index is -0.0272. The van der Waals surface area contributed by atoms with Crippen molar-refractivity contribution in [3.63, 3.8) is 0 Å². The predicted octanol–water partition coefficient (Wildman–Crippen LogP) is 5.49. The lowest BCUT2D eigenvalue weighted by Gasteiger charge is -2.24. The van der Waals surface area contributed by atoms with Gasteiger partial charge in [-0.2, -0.15) is 0 Å². The van der Waals surface area contributed by atoms with Gasteiger partial charge in [-0.25, -0.2) is 0 Å². The van der Waals surface area contributed by atoms with Crippen molar-refractivity contribution in [2.75, 3.05) is 16.9 Å². The number of halogens is 2. The molecule has 114 valence electrons. The Kier molecular flexibility index (Phi) is 4.93. The SMILES string of the molecule is CSc1ccc(C2SCC(=O)N2c2ccc(Cl)c(Cl)c2)cc1. The third-order valence-electron chi connectivity index (χ3n) is 3.45. The fraction of sp³-hybridized carbons (Fsp3) is 0.188. The van der Waals surface area contributed by atoms with Crippen LogP contribution in [-0.2, 0) is 4.79 Å². The largest absolute Gasteiger partial charge is 0.295 e. The number of amides is 1. The number of benzene rings is 2. The van der Waals surface area contributed by atoms with E-state index in [-0.39, 0.29) is 11.3 Å². The summed E-state index contributed by atoms with van der Waals surface area (Å²) < 4.78 is 0. The van der Waals surface area contributed by atoms with Crippen LogP contribution in [0.3, 0.4) is 0 Å². The third-order valence-corrected chi connectivity index (χ3v) is 6.15. The van der Waals surface area contributed by atoms with Crippen molar-refractivity contribution in [3.05, 3.63) is 58.1 Å². The summed E-state index contributed by atoms with van der Waals surface area (Å²) in [6.45, 7) is 0. The predicted molar refractivity (Wildman–Crippen MR) is 97.4 cm³/mol. The molecule has 1 heterocycles. The summed E-state index contributed by atoms with van der Waals surface area (Å²) >= 11 is 15.4. The second-order valence-corrected chi connectivity index (χ2v) is 7.56. The Morgan fingerprint density at radius 2 is 1.86 bits per heavy atom. The minimum absolute atomic E-state index is 0.0272. The lowest BCUT2D eigenvalue weighted by Crippen LogP contribution is -2.27. The maximum absolute atomic E-state index is 12.3. The molecule has 0 spiro atoms. The Bertz CT molecular complexity index is 706. The fourth-order valence-corrected chi connectivity index (χ4v) is 4.23. The highest BCUT2D eigenvalue weighted by Gasteiger charge is 2.34. The van der Waals surface area contributed by atoms with Gasteiger partial charge < -0.3 is 0 Å². The van der Waals surface area contributed by atoms with Crippen LogP contribution < -0.4 is 4.90 Å². The van der Waals surface area contributed by atoms with Gasteiger partial charge in [0.05, 0.1) is 15.8 Å². The molecule has 2 aromatic rings. The summed E-state index contributed by atoms with van der Waals surface area (Å²) in [6.07, 6.45) is 2.05. The van der Waals surface area contributed by atoms with E-state index < -0.39 is 0 Å². The van der Waals surface area contributed by atoms with E-state index in [0.717, 1.165) is 11.3 Å². The summed E-state index contributed by atoms with van der Waals surface area (Å²) in [7, 11) is 0. The fourth-order valence-electron chi connectivity index (χ4n) is 2.35. The molecule has 2 nitrogen and oxygen atoms in total. The van der Waals surface area contributed by atoms with Gasteiger partial charge in [-0.05, 0) is 42.2 Å². The first-order chi connectivity index (χ1) is 10.6. The van der Waals surface area contributed by atoms with Crippen LogP contribution in [0.25, 0.3) is 0 Å². The smallest absolute Gasteiger partial charge is 0.238 e. The molecule has 6 heteroatoms. The molecule has 1 unspecified atom stereocenters. The van der Waals surface area contributed by atoms with E-state index in [0.29, 0.717) is 15.8 Å². The van der Waals surface area contributed by atoms with Gasteiger partial charge in [0.2, 0.25) is 5.91 Å². The summed E-state index contributed by atoms with van der Waals surface area (Å²) in [5.74, 6) is 0.553. The lowest BCUT2D eigenvalue weighted by atomic mass is 10.2. The zero-order chi connectivity index (χ0) is 15.7. The molecule has 1 aliphatic heterocycles. The Hall–Kier alpha value is -0.810. The molecular formula is C16H13Cl2NOS2. The van der Waals surface area contributed by atoms with Gasteiger partial charge >= 0.3 is 0 Å². The van der Waals surface area contributed by atoms with E-state index in [4.69, 9.17) is 23.2 Å². The number of carbonyl (C=O) groups is 1. The Balaban J connectivity index is 1.96. The number of thioether (sulfide) groups is 2. The van der Waals surface area contributed by atoms with Crippen molar-refractivity contribution < 1.29 is 4.79 Å². The van der Waals surface area contributed by atoms with E-state index in [1.807, 2.05) is 12.3 Å². The first-order valence-electron chi connectivity index (χ1n) is 6.63. The number of hydrogen-bond donors (Lipinski definition) is 0.